The van der Waals surface area contributed by atoms with Crippen molar-refractivity contribution < 1.29 is 17.9 Å². The second kappa shape index (κ2) is 7.36. The van der Waals surface area contributed by atoms with Gasteiger partial charge in [-0.1, -0.05) is 31.9 Å². The Kier molecular flexibility index (Phi) is 6.39. The number of hydrogen-bond donors (Lipinski definition) is 2. The van der Waals surface area contributed by atoms with Crippen molar-refractivity contribution in [3.63, 3.8) is 0 Å². The summed E-state index contributed by atoms with van der Waals surface area (Å²) in [6.07, 6.45) is -0.0229. The minimum atomic E-state index is -3.72. The van der Waals surface area contributed by atoms with Gasteiger partial charge in [0.05, 0.1) is 11.9 Å². The van der Waals surface area contributed by atoms with E-state index in [1.165, 1.54) is 12.1 Å². The Morgan fingerprint density at radius 1 is 1.45 bits per heavy atom. The summed E-state index contributed by atoms with van der Waals surface area (Å²) in [7, 11) is -3.72. The lowest BCUT2D eigenvalue weighted by molar-refractivity contribution is 0.118. The van der Waals surface area contributed by atoms with Crippen LogP contribution in [0.4, 0.5) is 4.39 Å². The van der Waals surface area contributed by atoms with Gasteiger partial charge in [0.15, 0.2) is 0 Å². The summed E-state index contributed by atoms with van der Waals surface area (Å²) in [5.74, 6) is -1.14. The first-order valence-corrected chi connectivity index (χ1v) is 8.37. The molecule has 20 heavy (non-hydrogen) atoms. The van der Waals surface area contributed by atoms with Gasteiger partial charge in [0, 0.05) is 17.1 Å². The van der Waals surface area contributed by atoms with E-state index in [0.717, 1.165) is 12.5 Å². The molecule has 1 rings (SSSR count). The van der Waals surface area contributed by atoms with Crippen LogP contribution in [0.5, 0.6) is 0 Å². The molecule has 0 radical (unpaired) electrons. The molecule has 4 nitrogen and oxygen atoms in total. The first-order valence-electron chi connectivity index (χ1n) is 6.34. The first-order chi connectivity index (χ1) is 9.25. The molecule has 0 aliphatic heterocycles. The summed E-state index contributed by atoms with van der Waals surface area (Å²) in [5.41, 5.74) is 0.00281. The van der Waals surface area contributed by atoms with Gasteiger partial charge in [0.25, 0.3) is 0 Å². The molecule has 7 heteroatoms. The van der Waals surface area contributed by atoms with Crippen molar-refractivity contribution in [2.45, 2.75) is 32.1 Å². The number of sulfonamides is 1. The molecule has 0 fully saturated rings. The van der Waals surface area contributed by atoms with E-state index in [4.69, 9.17) is 11.6 Å². The van der Waals surface area contributed by atoms with Crippen LogP contribution in [0.15, 0.2) is 18.2 Å². The van der Waals surface area contributed by atoms with Crippen molar-refractivity contribution in [2.75, 3.05) is 6.54 Å². The van der Waals surface area contributed by atoms with Crippen molar-refractivity contribution in [2.24, 2.45) is 5.92 Å². The smallest absolute Gasteiger partial charge is 0.215 e. The summed E-state index contributed by atoms with van der Waals surface area (Å²) < 4.78 is 39.5. The van der Waals surface area contributed by atoms with E-state index in [1.54, 1.807) is 0 Å². The molecule has 0 aliphatic rings. The van der Waals surface area contributed by atoms with Crippen LogP contribution in [0.1, 0.15) is 25.8 Å². The highest BCUT2D eigenvalue weighted by Crippen LogP contribution is 2.17. The predicted octanol–water partition coefficient (Wildman–Crippen LogP) is 2.31. The summed E-state index contributed by atoms with van der Waals surface area (Å²) in [6, 6.07) is 3.76. The molecular formula is C13H19ClFNO3S. The second-order valence-electron chi connectivity index (χ2n) is 4.80. The van der Waals surface area contributed by atoms with Gasteiger partial charge < -0.3 is 5.11 Å². The molecule has 2 atom stereocenters. The molecule has 0 saturated heterocycles. The van der Waals surface area contributed by atoms with E-state index < -0.39 is 27.7 Å². The van der Waals surface area contributed by atoms with Crippen molar-refractivity contribution >= 4 is 21.6 Å². The zero-order valence-corrected chi connectivity index (χ0v) is 13.0. The van der Waals surface area contributed by atoms with Crippen molar-refractivity contribution in [3.8, 4) is 0 Å². The van der Waals surface area contributed by atoms with Gasteiger partial charge in [-0.2, -0.15) is 0 Å². The topological polar surface area (TPSA) is 66.4 Å². The van der Waals surface area contributed by atoms with E-state index in [9.17, 15) is 17.9 Å². The van der Waals surface area contributed by atoms with Gasteiger partial charge >= 0.3 is 0 Å². The van der Waals surface area contributed by atoms with Crippen molar-refractivity contribution in [1.29, 1.82) is 0 Å². The molecule has 1 aromatic carbocycles. The predicted molar refractivity (Wildman–Crippen MR) is 77.5 cm³/mol. The lowest BCUT2D eigenvalue weighted by Gasteiger charge is -2.17. The lowest BCUT2D eigenvalue weighted by atomic mass is 10.0. The normalized spacial score (nSPS) is 15.1. The maximum atomic E-state index is 13.5. The number of nitrogens with one attached hydrogen (secondary N) is 1. The Morgan fingerprint density at radius 2 is 2.10 bits per heavy atom. The fraction of sp³-hybridized carbons (Fsp3) is 0.538. The Labute approximate surface area is 124 Å². The van der Waals surface area contributed by atoms with E-state index >= 15 is 0 Å². The maximum absolute atomic E-state index is 13.5. The first kappa shape index (κ1) is 17.4. The Hall–Kier alpha value is -0.690. The average Bonchev–Trinajstić information content (AvgIpc) is 2.39. The van der Waals surface area contributed by atoms with E-state index in [0.29, 0.717) is 0 Å². The van der Waals surface area contributed by atoms with E-state index in [-0.39, 0.29) is 23.0 Å². The van der Waals surface area contributed by atoms with Crippen LogP contribution in [0, 0.1) is 11.7 Å². The fourth-order valence-electron chi connectivity index (χ4n) is 1.60. The molecule has 0 bridgehead atoms. The summed E-state index contributed by atoms with van der Waals surface area (Å²) in [6.45, 7) is 3.65. The lowest BCUT2D eigenvalue weighted by Crippen LogP contribution is -2.36. The van der Waals surface area contributed by atoms with Crippen LogP contribution < -0.4 is 4.72 Å². The highest BCUT2D eigenvalue weighted by Gasteiger charge is 2.18. The highest BCUT2D eigenvalue weighted by atomic mass is 35.5. The molecule has 0 aromatic heterocycles. The standard InChI is InChI=1S/C13H19ClFNO3S/c1-3-9(2)13(17)7-16-20(18,19)8-10-6-11(14)4-5-12(10)15/h4-6,9,13,16-17H,3,7-8H2,1-2H3. The monoisotopic (exact) mass is 323 g/mol. The Balaban J connectivity index is 2.68. The number of halogens is 2. The molecule has 0 saturated carbocycles. The second-order valence-corrected chi connectivity index (χ2v) is 7.04. The molecule has 0 heterocycles. The van der Waals surface area contributed by atoms with Crippen LogP contribution in [0.2, 0.25) is 5.02 Å². The molecule has 1 aromatic rings. The molecule has 2 unspecified atom stereocenters. The number of aliphatic hydroxyl groups is 1. The minimum Gasteiger partial charge on any atom is -0.391 e. The highest BCUT2D eigenvalue weighted by molar-refractivity contribution is 7.88. The summed E-state index contributed by atoms with van der Waals surface area (Å²) in [5, 5.41) is 10.00. The van der Waals surface area contributed by atoms with Gasteiger partial charge in [-0.05, 0) is 24.1 Å². The number of hydrogen-bond acceptors (Lipinski definition) is 3. The third-order valence-electron chi connectivity index (χ3n) is 3.17. The Morgan fingerprint density at radius 3 is 2.70 bits per heavy atom. The van der Waals surface area contributed by atoms with E-state index in [2.05, 4.69) is 4.72 Å². The third kappa shape index (κ3) is 5.36. The van der Waals surface area contributed by atoms with Crippen molar-refractivity contribution in [1.82, 2.24) is 4.72 Å². The van der Waals surface area contributed by atoms with E-state index in [1.807, 2.05) is 13.8 Å². The zero-order valence-electron chi connectivity index (χ0n) is 11.4. The zero-order chi connectivity index (χ0) is 15.3. The van der Waals surface area contributed by atoms with Crippen LogP contribution in [-0.4, -0.2) is 26.2 Å². The number of rotatable bonds is 7. The third-order valence-corrected chi connectivity index (χ3v) is 4.70. The van der Waals surface area contributed by atoms with Crippen LogP contribution in [0.3, 0.4) is 0 Å². The van der Waals surface area contributed by atoms with Gasteiger partial charge in [-0.3, -0.25) is 0 Å². The van der Waals surface area contributed by atoms with Crippen LogP contribution >= 0.6 is 11.6 Å². The van der Waals surface area contributed by atoms with Crippen molar-refractivity contribution in [3.05, 3.63) is 34.6 Å². The van der Waals surface area contributed by atoms with Gasteiger partial charge in [-0.25, -0.2) is 17.5 Å². The van der Waals surface area contributed by atoms with Gasteiger partial charge in [0.1, 0.15) is 5.82 Å². The molecule has 0 amide bonds. The number of aliphatic hydroxyl groups excluding tert-OH is 1. The minimum absolute atomic E-state index is 0.00281. The van der Waals surface area contributed by atoms with Crippen LogP contribution in [0.25, 0.3) is 0 Å². The largest absolute Gasteiger partial charge is 0.391 e. The molecule has 2 N–H and O–H groups in total. The SMILES string of the molecule is CCC(C)C(O)CNS(=O)(=O)Cc1cc(Cl)ccc1F. The molecule has 0 spiro atoms. The molecule has 114 valence electrons. The summed E-state index contributed by atoms with van der Waals surface area (Å²) >= 11 is 5.71. The van der Waals surface area contributed by atoms with Gasteiger partial charge in [-0.15, -0.1) is 0 Å². The van der Waals surface area contributed by atoms with Gasteiger partial charge in [0.2, 0.25) is 10.0 Å². The molecular weight excluding hydrogens is 305 g/mol. The fourth-order valence-corrected chi connectivity index (χ4v) is 2.95. The maximum Gasteiger partial charge on any atom is 0.215 e. The summed E-state index contributed by atoms with van der Waals surface area (Å²) in [4.78, 5) is 0. The average molecular weight is 324 g/mol. The molecule has 0 aliphatic carbocycles. The van der Waals surface area contributed by atoms with Crippen LogP contribution in [-0.2, 0) is 15.8 Å². The Bertz CT molecular complexity index is 551. The number of benzene rings is 1. The quantitative estimate of drug-likeness (QED) is 0.809.